The summed E-state index contributed by atoms with van der Waals surface area (Å²) in [4.78, 5) is 24.2. The molecule has 0 fully saturated rings. The van der Waals surface area contributed by atoms with E-state index < -0.39 is 22.9 Å². The number of ether oxygens (including phenoxy) is 2. The highest BCUT2D eigenvalue weighted by atomic mass is 16.5. The zero-order valence-electron chi connectivity index (χ0n) is 14.6. The molecule has 0 radical (unpaired) electrons. The second kappa shape index (κ2) is 6.55. The van der Waals surface area contributed by atoms with Crippen molar-refractivity contribution in [1.29, 1.82) is 0 Å². The van der Waals surface area contributed by atoms with Crippen LogP contribution in [0.25, 0.3) is 11.0 Å². The van der Waals surface area contributed by atoms with Crippen LogP contribution in [0.15, 0.2) is 57.7 Å². The lowest BCUT2D eigenvalue weighted by Gasteiger charge is -2.21. The van der Waals surface area contributed by atoms with E-state index in [1.807, 2.05) is 20.8 Å². The lowest BCUT2D eigenvalue weighted by atomic mass is 10.1. The number of carbonyl (C=O) groups excluding carboxylic acids is 1. The Balaban J connectivity index is 2.05. The third kappa shape index (κ3) is 3.69. The standard InChI is InChI=1S/C20H18O6/c1-20(2,3)26-13-9-10-14-15(11-13)24-19(23)16(21)17(14)25-18(22)12-7-5-4-6-8-12/h4-11,21H,1-3H3. The molecular formula is C20H18O6. The Morgan fingerprint density at radius 3 is 2.42 bits per heavy atom. The summed E-state index contributed by atoms with van der Waals surface area (Å²) in [7, 11) is 0. The maximum absolute atomic E-state index is 12.3. The average molecular weight is 354 g/mol. The Morgan fingerprint density at radius 2 is 1.77 bits per heavy atom. The van der Waals surface area contributed by atoms with Gasteiger partial charge in [-0.05, 0) is 45.0 Å². The van der Waals surface area contributed by atoms with Gasteiger partial charge in [-0.1, -0.05) is 18.2 Å². The van der Waals surface area contributed by atoms with Gasteiger partial charge in [0.05, 0.1) is 10.9 Å². The molecule has 0 bridgehead atoms. The van der Waals surface area contributed by atoms with Crippen LogP contribution in [-0.4, -0.2) is 16.7 Å². The maximum Gasteiger partial charge on any atom is 0.382 e. The van der Waals surface area contributed by atoms with Crippen LogP contribution in [-0.2, 0) is 0 Å². The Labute approximate surface area is 149 Å². The Morgan fingerprint density at radius 1 is 1.08 bits per heavy atom. The number of carbonyl (C=O) groups is 1. The van der Waals surface area contributed by atoms with E-state index in [9.17, 15) is 14.7 Å². The molecule has 0 atom stereocenters. The predicted octanol–water partition coefficient (Wildman–Crippen LogP) is 3.90. The van der Waals surface area contributed by atoms with Crippen molar-refractivity contribution in [2.24, 2.45) is 0 Å². The largest absolute Gasteiger partial charge is 0.499 e. The Kier molecular flexibility index (Phi) is 4.42. The first-order valence-electron chi connectivity index (χ1n) is 8.01. The molecule has 0 saturated carbocycles. The summed E-state index contributed by atoms with van der Waals surface area (Å²) in [6.07, 6.45) is 0. The number of hydrogen-bond donors (Lipinski definition) is 1. The molecule has 1 aromatic heterocycles. The molecule has 3 rings (SSSR count). The van der Waals surface area contributed by atoms with Gasteiger partial charge in [0.2, 0.25) is 5.75 Å². The molecule has 2 aromatic carbocycles. The molecule has 1 heterocycles. The first kappa shape index (κ1) is 17.5. The zero-order chi connectivity index (χ0) is 18.9. The third-order valence-corrected chi connectivity index (χ3v) is 3.44. The zero-order valence-corrected chi connectivity index (χ0v) is 14.6. The summed E-state index contributed by atoms with van der Waals surface area (Å²) in [5.74, 6) is -1.21. The van der Waals surface area contributed by atoms with E-state index in [0.717, 1.165) is 0 Å². The van der Waals surface area contributed by atoms with Crippen LogP contribution in [0.3, 0.4) is 0 Å². The molecule has 0 aliphatic heterocycles. The molecule has 1 N–H and O–H groups in total. The molecule has 0 saturated heterocycles. The molecule has 6 heteroatoms. The maximum atomic E-state index is 12.3. The summed E-state index contributed by atoms with van der Waals surface area (Å²) >= 11 is 0. The van der Waals surface area contributed by atoms with Crippen molar-refractivity contribution in [1.82, 2.24) is 0 Å². The van der Waals surface area contributed by atoms with Crippen molar-refractivity contribution in [2.45, 2.75) is 26.4 Å². The summed E-state index contributed by atoms with van der Waals surface area (Å²) in [5, 5.41) is 10.3. The van der Waals surface area contributed by atoms with Gasteiger partial charge < -0.3 is 19.0 Å². The topological polar surface area (TPSA) is 86.0 Å². The smallest absolute Gasteiger partial charge is 0.382 e. The highest BCUT2D eigenvalue weighted by Gasteiger charge is 2.20. The molecule has 26 heavy (non-hydrogen) atoms. The van der Waals surface area contributed by atoms with E-state index in [-0.39, 0.29) is 16.7 Å². The predicted molar refractivity (Wildman–Crippen MR) is 95.9 cm³/mol. The minimum absolute atomic E-state index is 0.144. The third-order valence-electron chi connectivity index (χ3n) is 3.44. The number of benzene rings is 2. The van der Waals surface area contributed by atoms with Crippen LogP contribution in [0.1, 0.15) is 31.1 Å². The summed E-state index contributed by atoms with van der Waals surface area (Å²) in [5.41, 5.74) is -0.999. The van der Waals surface area contributed by atoms with Crippen molar-refractivity contribution < 1.29 is 23.8 Å². The van der Waals surface area contributed by atoms with Crippen molar-refractivity contribution in [3.63, 3.8) is 0 Å². The van der Waals surface area contributed by atoms with Crippen LogP contribution in [0.4, 0.5) is 0 Å². The van der Waals surface area contributed by atoms with Gasteiger partial charge in [0.1, 0.15) is 16.9 Å². The van der Waals surface area contributed by atoms with Gasteiger partial charge in [0, 0.05) is 6.07 Å². The normalized spacial score (nSPS) is 11.3. The molecular weight excluding hydrogens is 336 g/mol. The second-order valence-corrected chi connectivity index (χ2v) is 6.70. The highest BCUT2D eigenvalue weighted by Crippen LogP contribution is 2.34. The van der Waals surface area contributed by atoms with Gasteiger partial charge in [-0.2, -0.15) is 0 Å². The van der Waals surface area contributed by atoms with E-state index >= 15 is 0 Å². The highest BCUT2D eigenvalue weighted by molar-refractivity contribution is 5.95. The molecule has 0 spiro atoms. The monoisotopic (exact) mass is 354 g/mol. The first-order chi connectivity index (χ1) is 12.2. The fourth-order valence-corrected chi connectivity index (χ4v) is 2.39. The van der Waals surface area contributed by atoms with E-state index in [0.29, 0.717) is 11.3 Å². The number of rotatable bonds is 3. The van der Waals surface area contributed by atoms with Gasteiger partial charge in [-0.3, -0.25) is 0 Å². The summed E-state index contributed by atoms with van der Waals surface area (Å²) < 4.78 is 16.1. The number of fused-ring (bicyclic) bond motifs is 1. The van der Waals surface area contributed by atoms with Gasteiger partial charge in [0.25, 0.3) is 0 Å². The lowest BCUT2D eigenvalue weighted by Crippen LogP contribution is -2.22. The van der Waals surface area contributed by atoms with Crippen LogP contribution >= 0.6 is 0 Å². The van der Waals surface area contributed by atoms with Crippen LogP contribution in [0.5, 0.6) is 17.2 Å². The van der Waals surface area contributed by atoms with E-state index in [4.69, 9.17) is 13.9 Å². The van der Waals surface area contributed by atoms with Gasteiger partial charge in [0.15, 0.2) is 5.75 Å². The molecule has 0 unspecified atom stereocenters. The molecule has 134 valence electrons. The van der Waals surface area contributed by atoms with Crippen molar-refractivity contribution in [3.05, 3.63) is 64.5 Å². The fraction of sp³-hybridized carbons (Fsp3) is 0.200. The number of hydrogen-bond acceptors (Lipinski definition) is 6. The van der Waals surface area contributed by atoms with Crippen molar-refractivity contribution >= 4 is 16.9 Å². The molecule has 0 aliphatic rings. The van der Waals surface area contributed by atoms with E-state index in [1.165, 1.54) is 6.07 Å². The minimum Gasteiger partial charge on any atom is -0.499 e. The molecule has 0 amide bonds. The average Bonchev–Trinajstić information content (AvgIpc) is 2.58. The van der Waals surface area contributed by atoms with Gasteiger partial charge in [-0.25, -0.2) is 9.59 Å². The van der Waals surface area contributed by atoms with Gasteiger partial charge in [-0.15, -0.1) is 0 Å². The van der Waals surface area contributed by atoms with Crippen molar-refractivity contribution in [2.75, 3.05) is 0 Å². The lowest BCUT2D eigenvalue weighted by molar-refractivity contribution is 0.0731. The molecule has 6 nitrogen and oxygen atoms in total. The first-order valence-corrected chi connectivity index (χ1v) is 8.01. The number of esters is 1. The fourth-order valence-electron chi connectivity index (χ4n) is 2.39. The second-order valence-electron chi connectivity index (χ2n) is 6.70. The quantitative estimate of drug-likeness (QED) is 0.567. The van der Waals surface area contributed by atoms with Gasteiger partial charge >= 0.3 is 11.6 Å². The molecule has 3 aromatic rings. The van der Waals surface area contributed by atoms with E-state index in [2.05, 4.69) is 0 Å². The SMILES string of the molecule is CC(C)(C)Oc1ccc2c(OC(=O)c3ccccc3)c(O)c(=O)oc2c1. The van der Waals surface area contributed by atoms with Crippen molar-refractivity contribution in [3.8, 4) is 17.2 Å². The molecule has 0 aliphatic carbocycles. The minimum atomic E-state index is -0.999. The van der Waals surface area contributed by atoms with Crippen LogP contribution < -0.4 is 15.1 Å². The Hall–Kier alpha value is -3.28. The number of aromatic hydroxyl groups is 1. The van der Waals surface area contributed by atoms with Crippen LogP contribution in [0, 0.1) is 0 Å². The summed E-state index contributed by atoms with van der Waals surface area (Å²) in [6, 6.07) is 13.0. The Bertz CT molecular complexity index is 1010. The van der Waals surface area contributed by atoms with Crippen LogP contribution in [0.2, 0.25) is 0 Å². The van der Waals surface area contributed by atoms with E-state index in [1.54, 1.807) is 42.5 Å². The summed E-state index contributed by atoms with van der Waals surface area (Å²) in [6.45, 7) is 5.66.